The van der Waals surface area contributed by atoms with E-state index in [9.17, 15) is 0 Å². The van der Waals surface area contributed by atoms with Gasteiger partial charge in [-0.05, 0) is 30.5 Å². The monoisotopic (exact) mass is 261 g/mol. The van der Waals surface area contributed by atoms with Crippen molar-refractivity contribution in [3.05, 3.63) is 33.3 Å². The van der Waals surface area contributed by atoms with Crippen LogP contribution in [-0.4, -0.2) is 6.04 Å². The molecule has 0 aliphatic heterocycles. The maximum Gasteiger partial charge on any atom is 0.0452 e. The summed E-state index contributed by atoms with van der Waals surface area (Å²) in [6, 6.07) is 5.90. The van der Waals surface area contributed by atoms with Crippen LogP contribution in [0.2, 0.25) is 5.02 Å². The molecule has 2 N–H and O–H groups in total. The molecule has 1 aromatic rings. The van der Waals surface area contributed by atoms with Crippen molar-refractivity contribution in [1.29, 1.82) is 0 Å². The van der Waals surface area contributed by atoms with Gasteiger partial charge in [0.15, 0.2) is 0 Å². The lowest BCUT2D eigenvalue weighted by molar-refractivity contribution is 0.611. The Morgan fingerprint density at radius 3 is 2.46 bits per heavy atom. The molecule has 2 atom stereocenters. The summed E-state index contributed by atoms with van der Waals surface area (Å²) in [6.45, 7) is 4.07. The lowest BCUT2D eigenvalue weighted by Gasteiger charge is -2.18. The average Bonchev–Trinajstić information content (AvgIpc) is 2.03. The molecule has 13 heavy (non-hydrogen) atoms. The second-order valence-electron chi connectivity index (χ2n) is 3.28. The Bertz CT molecular complexity index is 279. The van der Waals surface area contributed by atoms with Crippen LogP contribution in [0.4, 0.5) is 0 Å². The molecular formula is C10H13BrClN. The van der Waals surface area contributed by atoms with Crippen LogP contribution in [0.3, 0.4) is 0 Å². The third-order valence-corrected chi connectivity index (χ3v) is 3.26. The molecule has 0 aliphatic carbocycles. The standard InChI is InChI=1S/C10H13BrClN/c1-6(7(2)13)10-8(11)4-3-5-9(10)12/h3-7H,13H2,1-2H3. The summed E-state index contributed by atoms with van der Waals surface area (Å²) >= 11 is 9.56. The molecule has 0 saturated heterocycles. The molecule has 0 aliphatic rings. The van der Waals surface area contributed by atoms with Crippen LogP contribution in [0, 0.1) is 0 Å². The van der Waals surface area contributed by atoms with E-state index in [4.69, 9.17) is 17.3 Å². The van der Waals surface area contributed by atoms with E-state index in [1.165, 1.54) is 0 Å². The molecule has 1 rings (SSSR count). The van der Waals surface area contributed by atoms with Crippen LogP contribution in [0.1, 0.15) is 25.3 Å². The maximum absolute atomic E-state index is 6.08. The first kappa shape index (κ1) is 11.0. The predicted octanol–water partition coefficient (Wildman–Crippen LogP) is 3.55. The van der Waals surface area contributed by atoms with Crippen molar-refractivity contribution >= 4 is 27.5 Å². The van der Waals surface area contributed by atoms with Gasteiger partial charge in [0.2, 0.25) is 0 Å². The fourth-order valence-corrected chi connectivity index (χ4v) is 2.40. The van der Waals surface area contributed by atoms with Crippen molar-refractivity contribution in [2.45, 2.75) is 25.8 Å². The quantitative estimate of drug-likeness (QED) is 0.866. The van der Waals surface area contributed by atoms with Crippen LogP contribution >= 0.6 is 27.5 Å². The zero-order valence-electron chi connectivity index (χ0n) is 7.72. The zero-order chi connectivity index (χ0) is 10.0. The normalized spacial score (nSPS) is 15.5. The number of rotatable bonds is 2. The van der Waals surface area contributed by atoms with Gasteiger partial charge in [-0.25, -0.2) is 0 Å². The van der Waals surface area contributed by atoms with Gasteiger partial charge in [0.25, 0.3) is 0 Å². The van der Waals surface area contributed by atoms with Crippen LogP contribution in [0.25, 0.3) is 0 Å². The van der Waals surface area contributed by atoms with Crippen LogP contribution in [0.5, 0.6) is 0 Å². The molecule has 0 spiro atoms. The Morgan fingerprint density at radius 2 is 2.00 bits per heavy atom. The Labute approximate surface area is 92.4 Å². The van der Waals surface area contributed by atoms with E-state index in [1.54, 1.807) is 0 Å². The third-order valence-electron chi connectivity index (χ3n) is 2.24. The highest BCUT2D eigenvalue weighted by Gasteiger charge is 2.16. The number of nitrogens with two attached hydrogens (primary N) is 1. The molecule has 0 bridgehead atoms. The third kappa shape index (κ3) is 2.46. The van der Waals surface area contributed by atoms with Gasteiger partial charge in [-0.2, -0.15) is 0 Å². The molecule has 0 aromatic heterocycles. The first-order valence-corrected chi connectivity index (χ1v) is 5.40. The molecule has 0 amide bonds. The Balaban J connectivity index is 3.12. The second kappa shape index (κ2) is 4.45. The van der Waals surface area contributed by atoms with E-state index in [-0.39, 0.29) is 12.0 Å². The van der Waals surface area contributed by atoms with Gasteiger partial charge >= 0.3 is 0 Å². The number of hydrogen-bond donors (Lipinski definition) is 1. The van der Waals surface area contributed by atoms with E-state index in [0.29, 0.717) is 0 Å². The van der Waals surface area contributed by atoms with Crippen LogP contribution < -0.4 is 5.73 Å². The minimum atomic E-state index is 0.108. The summed E-state index contributed by atoms with van der Waals surface area (Å²) in [4.78, 5) is 0. The molecule has 0 fully saturated rings. The van der Waals surface area contributed by atoms with Crippen molar-refractivity contribution in [3.63, 3.8) is 0 Å². The van der Waals surface area contributed by atoms with E-state index >= 15 is 0 Å². The van der Waals surface area contributed by atoms with Crippen molar-refractivity contribution in [2.75, 3.05) is 0 Å². The average molecular weight is 263 g/mol. The highest BCUT2D eigenvalue weighted by Crippen LogP contribution is 2.32. The van der Waals surface area contributed by atoms with Gasteiger partial charge in [0.1, 0.15) is 0 Å². The van der Waals surface area contributed by atoms with Crippen LogP contribution in [-0.2, 0) is 0 Å². The first-order valence-electron chi connectivity index (χ1n) is 4.23. The lowest BCUT2D eigenvalue weighted by atomic mass is 9.95. The molecule has 1 nitrogen and oxygen atoms in total. The SMILES string of the molecule is CC(N)C(C)c1c(Cl)cccc1Br. The molecule has 0 heterocycles. The molecular weight excluding hydrogens is 249 g/mol. The summed E-state index contributed by atoms with van der Waals surface area (Å²) in [5.41, 5.74) is 6.92. The van der Waals surface area contributed by atoms with Gasteiger partial charge in [0.05, 0.1) is 0 Å². The van der Waals surface area contributed by atoms with E-state index in [2.05, 4.69) is 22.9 Å². The maximum atomic E-state index is 6.08. The first-order chi connectivity index (χ1) is 6.04. The molecule has 3 heteroatoms. The fourth-order valence-electron chi connectivity index (χ4n) is 1.21. The predicted molar refractivity (Wildman–Crippen MR) is 61.2 cm³/mol. The summed E-state index contributed by atoms with van der Waals surface area (Å²) in [7, 11) is 0. The van der Waals surface area contributed by atoms with Crippen LogP contribution in [0.15, 0.2) is 22.7 Å². The highest BCUT2D eigenvalue weighted by atomic mass is 79.9. The second-order valence-corrected chi connectivity index (χ2v) is 4.54. The molecule has 0 saturated carbocycles. The summed E-state index contributed by atoms with van der Waals surface area (Å²) in [5.74, 6) is 0.267. The van der Waals surface area contributed by atoms with Gasteiger partial charge in [-0.3, -0.25) is 0 Å². The van der Waals surface area contributed by atoms with E-state index in [0.717, 1.165) is 15.1 Å². The minimum absolute atomic E-state index is 0.108. The molecule has 1 aromatic carbocycles. The molecule has 2 unspecified atom stereocenters. The fraction of sp³-hybridized carbons (Fsp3) is 0.400. The van der Waals surface area contributed by atoms with Gasteiger partial charge in [0, 0.05) is 15.5 Å². The number of hydrogen-bond acceptors (Lipinski definition) is 1. The van der Waals surface area contributed by atoms with Gasteiger partial charge in [-0.1, -0.05) is 40.5 Å². The number of halogens is 2. The van der Waals surface area contributed by atoms with Crippen molar-refractivity contribution in [2.24, 2.45) is 5.73 Å². The minimum Gasteiger partial charge on any atom is -0.327 e. The molecule has 0 radical (unpaired) electrons. The summed E-state index contributed by atoms with van der Waals surface area (Å²) < 4.78 is 1.03. The Morgan fingerprint density at radius 1 is 1.38 bits per heavy atom. The lowest BCUT2D eigenvalue weighted by Crippen LogP contribution is -2.22. The van der Waals surface area contributed by atoms with Gasteiger partial charge in [-0.15, -0.1) is 0 Å². The Hall–Kier alpha value is -0.0500. The van der Waals surface area contributed by atoms with E-state index < -0.39 is 0 Å². The van der Waals surface area contributed by atoms with Crippen molar-refractivity contribution in [1.82, 2.24) is 0 Å². The Kier molecular flexibility index (Phi) is 3.77. The van der Waals surface area contributed by atoms with Crippen molar-refractivity contribution < 1.29 is 0 Å². The zero-order valence-corrected chi connectivity index (χ0v) is 10.1. The van der Waals surface area contributed by atoms with Gasteiger partial charge < -0.3 is 5.73 Å². The highest BCUT2D eigenvalue weighted by molar-refractivity contribution is 9.10. The van der Waals surface area contributed by atoms with Crippen molar-refractivity contribution in [3.8, 4) is 0 Å². The number of benzene rings is 1. The topological polar surface area (TPSA) is 26.0 Å². The largest absolute Gasteiger partial charge is 0.327 e. The summed E-state index contributed by atoms with van der Waals surface area (Å²) in [5, 5.41) is 0.777. The smallest absolute Gasteiger partial charge is 0.0452 e. The van der Waals surface area contributed by atoms with E-state index in [1.807, 2.05) is 25.1 Å². The summed E-state index contributed by atoms with van der Waals surface area (Å²) in [6.07, 6.45) is 0. The molecule has 72 valence electrons.